The maximum Gasteiger partial charge on any atom is 0.327 e. The summed E-state index contributed by atoms with van der Waals surface area (Å²) in [5.74, 6) is -2.29. The zero-order chi connectivity index (χ0) is 14.7. The summed E-state index contributed by atoms with van der Waals surface area (Å²) in [5.41, 5.74) is -1.82. The molecule has 0 bridgehead atoms. The minimum atomic E-state index is -4.25. The number of nitrogens with one attached hydrogen (secondary N) is 1. The van der Waals surface area contributed by atoms with Gasteiger partial charge < -0.3 is 9.84 Å². The molecule has 9 heteroatoms. The molecule has 1 atom stereocenters. The molecular weight excluding hydrogens is 297 g/mol. The third-order valence-corrected chi connectivity index (χ3v) is 5.53. The van der Waals surface area contributed by atoms with Crippen LogP contribution in [0.3, 0.4) is 0 Å². The van der Waals surface area contributed by atoms with E-state index in [1.54, 1.807) is 0 Å². The fraction of sp³-hybridized carbons (Fsp3) is 0.500. The first-order chi connectivity index (χ1) is 8.79. The number of thiophene rings is 1. The van der Waals surface area contributed by atoms with Crippen molar-refractivity contribution >= 4 is 27.3 Å². The number of methoxy groups -OCH3 is 1. The fourth-order valence-corrected chi connectivity index (χ4v) is 3.99. The van der Waals surface area contributed by atoms with Crippen LogP contribution < -0.4 is 4.72 Å². The monoisotopic (exact) mass is 311 g/mol. The van der Waals surface area contributed by atoms with E-state index in [9.17, 15) is 22.7 Å². The highest BCUT2D eigenvalue weighted by atomic mass is 32.2. The Labute approximate surface area is 114 Å². The Hall–Kier alpha value is -1.03. The lowest BCUT2D eigenvalue weighted by Gasteiger charge is -2.27. The SMILES string of the molecule is CCC(COC)(NS(=O)(=O)c1sccc1F)C(=O)O. The van der Waals surface area contributed by atoms with E-state index in [2.05, 4.69) is 0 Å². The second-order valence-electron chi connectivity index (χ2n) is 3.84. The highest BCUT2D eigenvalue weighted by Gasteiger charge is 2.42. The second kappa shape index (κ2) is 5.95. The van der Waals surface area contributed by atoms with Gasteiger partial charge in [0.1, 0.15) is 0 Å². The average molecular weight is 311 g/mol. The molecule has 0 aliphatic heterocycles. The van der Waals surface area contributed by atoms with Gasteiger partial charge in [-0.15, -0.1) is 11.3 Å². The first-order valence-corrected chi connectivity index (χ1v) is 7.64. The normalized spacial score (nSPS) is 15.1. The average Bonchev–Trinajstić information content (AvgIpc) is 2.75. The van der Waals surface area contributed by atoms with Crippen molar-refractivity contribution in [1.82, 2.24) is 4.72 Å². The van der Waals surface area contributed by atoms with Gasteiger partial charge in [0, 0.05) is 7.11 Å². The van der Waals surface area contributed by atoms with E-state index in [-0.39, 0.29) is 13.0 Å². The van der Waals surface area contributed by atoms with Gasteiger partial charge in [0.15, 0.2) is 15.6 Å². The van der Waals surface area contributed by atoms with Gasteiger partial charge in [-0.05, 0) is 17.9 Å². The van der Waals surface area contributed by atoms with Crippen molar-refractivity contribution in [2.24, 2.45) is 0 Å². The Morgan fingerprint density at radius 3 is 2.63 bits per heavy atom. The molecule has 1 aromatic heterocycles. The van der Waals surface area contributed by atoms with Gasteiger partial charge in [0.05, 0.1) is 6.61 Å². The summed E-state index contributed by atoms with van der Waals surface area (Å²) in [6.07, 6.45) is -0.0393. The molecule has 0 radical (unpaired) electrons. The molecule has 1 rings (SSSR count). The second-order valence-corrected chi connectivity index (χ2v) is 6.63. The number of carboxylic acid groups (broad SMARTS) is 1. The third kappa shape index (κ3) is 3.30. The van der Waals surface area contributed by atoms with Crippen LogP contribution in [0.15, 0.2) is 15.7 Å². The zero-order valence-electron chi connectivity index (χ0n) is 10.3. The van der Waals surface area contributed by atoms with Crippen molar-refractivity contribution in [1.29, 1.82) is 0 Å². The summed E-state index contributed by atoms with van der Waals surface area (Å²) < 4.78 is 43.6. The number of hydrogen-bond acceptors (Lipinski definition) is 5. The van der Waals surface area contributed by atoms with Gasteiger partial charge in [0.2, 0.25) is 0 Å². The molecule has 0 aliphatic carbocycles. The molecule has 1 aromatic rings. The number of rotatable bonds is 7. The van der Waals surface area contributed by atoms with Gasteiger partial charge in [0.25, 0.3) is 10.0 Å². The van der Waals surface area contributed by atoms with Crippen molar-refractivity contribution in [2.45, 2.75) is 23.1 Å². The Balaban J connectivity index is 3.16. The number of ether oxygens (including phenoxy) is 1. The minimum absolute atomic E-state index is 0.0393. The van der Waals surface area contributed by atoms with Crippen molar-refractivity contribution < 1.29 is 27.4 Å². The standard InChI is InChI=1S/C10H14FNO5S2/c1-3-10(6-17-2,9(13)14)12-19(15,16)8-7(11)4-5-18-8/h4-5,12H,3,6H2,1-2H3,(H,13,14). The Kier molecular flexibility index (Phi) is 5.02. The van der Waals surface area contributed by atoms with Crippen LogP contribution in [0.4, 0.5) is 4.39 Å². The minimum Gasteiger partial charge on any atom is -0.480 e. The summed E-state index contributed by atoms with van der Waals surface area (Å²) in [5, 5.41) is 10.5. The highest BCUT2D eigenvalue weighted by molar-refractivity contribution is 7.91. The molecule has 1 heterocycles. The Bertz CT molecular complexity index is 556. The van der Waals surface area contributed by atoms with Crippen LogP contribution in [0, 0.1) is 5.82 Å². The van der Waals surface area contributed by atoms with Crippen molar-refractivity contribution in [3.8, 4) is 0 Å². The lowest BCUT2D eigenvalue weighted by Crippen LogP contribution is -2.57. The highest BCUT2D eigenvalue weighted by Crippen LogP contribution is 2.24. The summed E-state index contributed by atoms with van der Waals surface area (Å²) >= 11 is 0.678. The maximum atomic E-state index is 13.3. The number of sulfonamides is 1. The summed E-state index contributed by atoms with van der Waals surface area (Å²) in [6.45, 7) is 1.14. The van der Waals surface area contributed by atoms with Gasteiger partial charge in [-0.3, -0.25) is 4.79 Å². The van der Waals surface area contributed by atoms with Gasteiger partial charge in [-0.2, -0.15) is 4.72 Å². The number of carboxylic acids is 1. The molecule has 0 aliphatic rings. The predicted molar refractivity (Wildman–Crippen MR) is 67.1 cm³/mol. The Morgan fingerprint density at radius 2 is 2.26 bits per heavy atom. The number of hydrogen-bond donors (Lipinski definition) is 2. The molecule has 0 saturated carbocycles. The molecule has 0 amide bonds. The van der Waals surface area contributed by atoms with Crippen LogP contribution in [-0.4, -0.2) is 38.7 Å². The third-order valence-electron chi connectivity index (χ3n) is 2.56. The largest absolute Gasteiger partial charge is 0.480 e. The van der Waals surface area contributed by atoms with Crippen LogP contribution >= 0.6 is 11.3 Å². The van der Waals surface area contributed by atoms with Gasteiger partial charge in [-0.1, -0.05) is 6.92 Å². The lowest BCUT2D eigenvalue weighted by molar-refractivity contribution is -0.146. The molecule has 1 unspecified atom stereocenters. The van der Waals surface area contributed by atoms with E-state index in [1.807, 2.05) is 4.72 Å². The van der Waals surface area contributed by atoms with E-state index in [0.29, 0.717) is 11.3 Å². The van der Waals surface area contributed by atoms with Gasteiger partial charge >= 0.3 is 5.97 Å². The van der Waals surface area contributed by atoms with E-state index in [4.69, 9.17) is 4.74 Å². The van der Waals surface area contributed by atoms with E-state index in [1.165, 1.54) is 19.4 Å². The maximum absolute atomic E-state index is 13.3. The smallest absolute Gasteiger partial charge is 0.327 e. The van der Waals surface area contributed by atoms with Crippen LogP contribution in [0.25, 0.3) is 0 Å². The molecular formula is C10H14FNO5S2. The van der Waals surface area contributed by atoms with Crippen molar-refractivity contribution in [3.63, 3.8) is 0 Å². The molecule has 6 nitrogen and oxygen atoms in total. The number of aliphatic carboxylic acids is 1. The zero-order valence-corrected chi connectivity index (χ0v) is 12.0. The van der Waals surface area contributed by atoms with Crippen LogP contribution in [0.1, 0.15) is 13.3 Å². The molecule has 0 saturated heterocycles. The predicted octanol–water partition coefficient (Wildman–Crippen LogP) is 1.05. The summed E-state index contributed by atoms with van der Waals surface area (Å²) in [7, 11) is -2.99. The lowest BCUT2D eigenvalue weighted by atomic mass is 9.99. The van der Waals surface area contributed by atoms with Crippen LogP contribution in [0.2, 0.25) is 0 Å². The molecule has 19 heavy (non-hydrogen) atoms. The molecule has 0 fully saturated rings. The number of carbonyl (C=O) groups is 1. The van der Waals surface area contributed by atoms with Crippen LogP contribution in [-0.2, 0) is 19.6 Å². The summed E-state index contributed by atoms with van der Waals surface area (Å²) in [6, 6.07) is 1.00. The Morgan fingerprint density at radius 1 is 1.63 bits per heavy atom. The van der Waals surface area contributed by atoms with E-state index >= 15 is 0 Å². The first-order valence-electron chi connectivity index (χ1n) is 5.28. The van der Waals surface area contributed by atoms with Crippen molar-refractivity contribution in [2.75, 3.05) is 13.7 Å². The molecule has 0 spiro atoms. The van der Waals surface area contributed by atoms with Crippen LogP contribution in [0.5, 0.6) is 0 Å². The molecule has 0 aromatic carbocycles. The fourth-order valence-electron chi connectivity index (χ4n) is 1.48. The van der Waals surface area contributed by atoms with Gasteiger partial charge in [-0.25, -0.2) is 12.8 Å². The first kappa shape index (κ1) is 16.0. The quantitative estimate of drug-likeness (QED) is 0.785. The van der Waals surface area contributed by atoms with E-state index < -0.39 is 31.6 Å². The topological polar surface area (TPSA) is 92.7 Å². The van der Waals surface area contributed by atoms with Crippen molar-refractivity contribution in [3.05, 3.63) is 17.3 Å². The summed E-state index contributed by atoms with van der Waals surface area (Å²) in [4.78, 5) is 11.3. The number of halogens is 1. The van der Waals surface area contributed by atoms with E-state index in [0.717, 1.165) is 6.07 Å². The molecule has 2 N–H and O–H groups in total. The molecule has 108 valence electrons.